The van der Waals surface area contributed by atoms with Gasteiger partial charge in [-0.3, -0.25) is 0 Å². The molecule has 0 amide bonds. The fraction of sp³-hybridized carbons (Fsp3) is 0.333. The van der Waals surface area contributed by atoms with E-state index in [1.807, 2.05) is 30.0 Å². The number of anilines is 2. The highest BCUT2D eigenvalue weighted by Crippen LogP contribution is 2.31. The van der Waals surface area contributed by atoms with Gasteiger partial charge in [-0.15, -0.1) is 11.8 Å². The Kier molecular flexibility index (Phi) is 3.81. The third kappa shape index (κ3) is 3.04. The van der Waals surface area contributed by atoms with Crippen LogP contribution in [-0.4, -0.2) is 10.8 Å². The molecular weight excluding hydrogens is 200 g/mol. The third-order valence-corrected chi connectivity index (χ3v) is 4.08. The van der Waals surface area contributed by atoms with Crippen molar-refractivity contribution in [3.63, 3.8) is 0 Å². The van der Waals surface area contributed by atoms with Crippen molar-refractivity contribution in [2.24, 2.45) is 0 Å². The summed E-state index contributed by atoms with van der Waals surface area (Å²) in [6, 6.07) is 5.78. The molecule has 0 bridgehead atoms. The van der Waals surface area contributed by atoms with Crippen molar-refractivity contribution in [1.29, 1.82) is 0 Å². The van der Waals surface area contributed by atoms with Gasteiger partial charge in [-0.25, -0.2) is 0 Å². The van der Waals surface area contributed by atoms with Gasteiger partial charge in [0.05, 0.1) is 16.0 Å². The van der Waals surface area contributed by atoms with E-state index in [1.54, 1.807) is 11.8 Å². The summed E-state index contributed by atoms with van der Waals surface area (Å²) in [7, 11) is 0. The number of hydrogen-bond donors (Lipinski definition) is 2. The molecule has 1 unspecified atom stereocenters. The van der Waals surface area contributed by atoms with Gasteiger partial charge in [0.25, 0.3) is 0 Å². The normalized spacial score (nSPS) is 12.8. The predicted molar refractivity (Wildman–Crippen MR) is 64.1 cm³/mol. The number of nitrogen functional groups attached to an aromatic ring is 2. The Morgan fingerprint density at radius 3 is 2.46 bits per heavy atom. The number of thioether (sulfide) groups is 2. The maximum atomic E-state index is 5.69. The highest BCUT2D eigenvalue weighted by Gasteiger charge is 2.03. The second kappa shape index (κ2) is 4.67. The zero-order valence-corrected chi connectivity index (χ0v) is 9.41. The molecular formula is C9H14N2S2. The van der Waals surface area contributed by atoms with E-state index in [9.17, 15) is 0 Å². The van der Waals surface area contributed by atoms with Crippen LogP contribution in [0.1, 0.15) is 6.92 Å². The lowest BCUT2D eigenvalue weighted by atomic mass is 10.3. The van der Waals surface area contributed by atoms with Crippen molar-refractivity contribution in [2.45, 2.75) is 16.4 Å². The number of nitrogens with two attached hydrogens (primary N) is 2. The summed E-state index contributed by atoms with van der Waals surface area (Å²) in [5, 5.41) is 0. The van der Waals surface area contributed by atoms with Crippen LogP contribution < -0.4 is 11.5 Å². The predicted octanol–water partition coefficient (Wildman–Crippen LogP) is 2.65. The maximum Gasteiger partial charge on any atom is 0.0559 e. The first-order valence-electron chi connectivity index (χ1n) is 3.98. The average molecular weight is 214 g/mol. The lowest BCUT2D eigenvalue weighted by Crippen LogP contribution is -1.95. The number of rotatable bonds is 3. The molecule has 0 radical (unpaired) electrons. The van der Waals surface area contributed by atoms with E-state index >= 15 is 0 Å². The van der Waals surface area contributed by atoms with Crippen LogP contribution in [0.4, 0.5) is 11.4 Å². The fourth-order valence-corrected chi connectivity index (χ4v) is 2.31. The van der Waals surface area contributed by atoms with E-state index in [0.717, 1.165) is 0 Å². The Balaban J connectivity index is 2.73. The molecule has 72 valence electrons. The zero-order valence-electron chi connectivity index (χ0n) is 7.78. The smallest absolute Gasteiger partial charge is 0.0559 e. The van der Waals surface area contributed by atoms with Crippen LogP contribution in [0.15, 0.2) is 23.1 Å². The molecule has 4 N–H and O–H groups in total. The lowest BCUT2D eigenvalue weighted by Gasteiger charge is -2.08. The minimum Gasteiger partial charge on any atom is -0.397 e. The first kappa shape index (κ1) is 10.6. The Bertz CT molecular complexity index is 289. The van der Waals surface area contributed by atoms with Gasteiger partial charge < -0.3 is 11.5 Å². The SMILES string of the molecule is CSC(C)Sc1ccc(N)c(N)c1. The summed E-state index contributed by atoms with van der Waals surface area (Å²) >= 11 is 3.61. The topological polar surface area (TPSA) is 52.0 Å². The van der Waals surface area contributed by atoms with Crippen molar-refractivity contribution in [3.05, 3.63) is 18.2 Å². The van der Waals surface area contributed by atoms with Gasteiger partial charge in [0, 0.05) is 4.90 Å². The van der Waals surface area contributed by atoms with Crippen LogP contribution in [0.3, 0.4) is 0 Å². The van der Waals surface area contributed by atoms with Crippen LogP contribution in [0.25, 0.3) is 0 Å². The quantitative estimate of drug-likeness (QED) is 0.461. The molecule has 1 aromatic carbocycles. The molecule has 0 saturated carbocycles. The van der Waals surface area contributed by atoms with Gasteiger partial charge in [-0.2, -0.15) is 11.8 Å². The molecule has 0 aliphatic carbocycles. The molecule has 1 aromatic rings. The van der Waals surface area contributed by atoms with Crippen molar-refractivity contribution in [1.82, 2.24) is 0 Å². The van der Waals surface area contributed by atoms with Crippen molar-refractivity contribution >= 4 is 34.9 Å². The minimum absolute atomic E-state index is 0.544. The maximum absolute atomic E-state index is 5.69. The lowest BCUT2D eigenvalue weighted by molar-refractivity contribution is 1.38. The largest absolute Gasteiger partial charge is 0.397 e. The van der Waals surface area contributed by atoms with Gasteiger partial charge in [0.15, 0.2) is 0 Å². The monoisotopic (exact) mass is 214 g/mol. The summed E-state index contributed by atoms with van der Waals surface area (Å²) in [6.45, 7) is 2.17. The van der Waals surface area contributed by atoms with Gasteiger partial charge >= 0.3 is 0 Å². The van der Waals surface area contributed by atoms with E-state index in [-0.39, 0.29) is 0 Å². The third-order valence-electron chi connectivity index (χ3n) is 1.69. The standard InChI is InChI=1S/C9H14N2S2/c1-6(12-2)13-7-3-4-8(10)9(11)5-7/h3-6H,10-11H2,1-2H3. The summed E-state index contributed by atoms with van der Waals surface area (Å²) in [5.74, 6) is 0. The summed E-state index contributed by atoms with van der Waals surface area (Å²) < 4.78 is 0.544. The molecule has 0 fully saturated rings. The van der Waals surface area contributed by atoms with Crippen LogP contribution in [0.2, 0.25) is 0 Å². The molecule has 0 saturated heterocycles. The molecule has 0 aliphatic rings. The Hall–Kier alpha value is -0.480. The first-order chi connectivity index (χ1) is 6.13. The van der Waals surface area contributed by atoms with E-state index in [4.69, 9.17) is 11.5 Å². The molecule has 1 rings (SSSR count). The van der Waals surface area contributed by atoms with E-state index in [0.29, 0.717) is 16.0 Å². The summed E-state index contributed by atoms with van der Waals surface area (Å²) in [6.07, 6.45) is 2.10. The van der Waals surface area contributed by atoms with E-state index in [1.165, 1.54) is 4.90 Å². The van der Waals surface area contributed by atoms with Gasteiger partial charge in [0.1, 0.15) is 0 Å². The van der Waals surface area contributed by atoms with Gasteiger partial charge in [0.2, 0.25) is 0 Å². The Morgan fingerprint density at radius 2 is 1.92 bits per heavy atom. The summed E-state index contributed by atoms with van der Waals surface area (Å²) in [5.41, 5.74) is 12.6. The van der Waals surface area contributed by atoms with Crippen LogP contribution >= 0.6 is 23.5 Å². The molecule has 0 spiro atoms. The Morgan fingerprint density at radius 1 is 1.23 bits per heavy atom. The molecule has 0 aliphatic heterocycles. The number of hydrogen-bond acceptors (Lipinski definition) is 4. The first-order valence-corrected chi connectivity index (χ1v) is 6.14. The molecule has 1 atom stereocenters. The Labute approximate surface area is 87.5 Å². The van der Waals surface area contributed by atoms with E-state index in [2.05, 4.69) is 13.2 Å². The second-order valence-electron chi connectivity index (χ2n) is 2.71. The molecule has 2 nitrogen and oxygen atoms in total. The summed E-state index contributed by atoms with van der Waals surface area (Å²) in [4.78, 5) is 1.17. The highest BCUT2D eigenvalue weighted by molar-refractivity contribution is 8.16. The number of benzene rings is 1. The van der Waals surface area contributed by atoms with Gasteiger partial charge in [-0.05, 0) is 31.4 Å². The van der Waals surface area contributed by atoms with Crippen molar-refractivity contribution in [2.75, 3.05) is 17.7 Å². The fourth-order valence-electron chi connectivity index (χ4n) is 0.866. The highest BCUT2D eigenvalue weighted by atomic mass is 32.2. The average Bonchev–Trinajstić information content (AvgIpc) is 2.11. The second-order valence-corrected chi connectivity index (χ2v) is 5.60. The van der Waals surface area contributed by atoms with Crippen molar-refractivity contribution in [3.8, 4) is 0 Å². The molecule has 13 heavy (non-hydrogen) atoms. The molecule has 0 heterocycles. The van der Waals surface area contributed by atoms with Crippen LogP contribution in [0.5, 0.6) is 0 Å². The van der Waals surface area contributed by atoms with Gasteiger partial charge in [-0.1, -0.05) is 0 Å². The van der Waals surface area contributed by atoms with E-state index < -0.39 is 0 Å². The van der Waals surface area contributed by atoms with Crippen molar-refractivity contribution < 1.29 is 0 Å². The zero-order chi connectivity index (χ0) is 9.84. The van der Waals surface area contributed by atoms with Crippen LogP contribution in [-0.2, 0) is 0 Å². The minimum atomic E-state index is 0.544. The van der Waals surface area contributed by atoms with Crippen LogP contribution in [0, 0.1) is 0 Å². The molecule has 4 heteroatoms. The molecule has 0 aromatic heterocycles.